The number of nitrogens with zero attached hydrogens (tertiary/aromatic N) is 1. The second-order valence-corrected chi connectivity index (χ2v) is 13.3. The number of benzene rings is 8. The summed E-state index contributed by atoms with van der Waals surface area (Å²) >= 11 is 0. The highest BCUT2D eigenvalue weighted by atomic mass is 16.3. The lowest BCUT2D eigenvalue weighted by Crippen LogP contribution is -2.25. The highest BCUT2D eigenvalue weighted by molar-refractivity contribution is 6.05. The summed E-state index contributed by atoms with van der Waals surface area (Å²) in [5.74, 6) is 1.02. The molecule has 0 aliphatic heterocycles. The van der Waals surface area contributed by atoms with Crippen LogP contribution in [0.5, 0.6) is 0 Å². The molecule has 0 N–H and O–H groups in total. The molecule has 9 aromatic rings. The van der Waals surface area contributed by atoms with Crippen molar-refractivity contribution in [2.75, 3.05) is 4.90 Å². The maximum atomic E-state index is 7.00. The average molecular weight is 624 g/mol. The van der Waals surface area contributed by atoms with E-state index in [1.165, 1.54) is 60.5 Å². The van der Waals surface area contributed by atoms with Crippen LogP contribution in [0.25, 0.3) is 54.8 Å². The molecule has 0 fully saturated rings. The van der Waals surface area contributed by atoms with E-state index in [4.69, 9.17) is 4.42 Å². The molecule has 228 valence electrons. The van der Waals surface area contributed by atoms with E-state index < -0.39 is 5.41 Å². The molecule has 8 aromatic carbocycles. The monoisotopic (exact) mass is 623 g/mol. The van der Waals surface area contributed by atoms with Crippen LogP contribution in [0.4, 0.5) is 17.1 Å². The van der Waals surface area contributed by atoms with E-state index in [1.54, 1.807) is 0 Å². The topological polar surface area (TPSA) is 16.4 Å². The number of furan rings is 1. The van der Waals surface area contributed by atoms with E-state index >= 15 is 0 Å². The molecule has 0 saturated carbocycles. The molecular formula is C47H29NO. The lowest BCUT2D eigenvalue weighted by atomic mass is 9.73. The first kappa shape index (κ1) is 26.7. The molecule has 0 unspecified atom stereocenters. The van der Waals surface area contributed by atoms with E-state index in [1.807, 2.05) is 0 Å². The zero-order chi connectivity index (χ0) is 32.1. The van der Waals surface area contributed by atoms with Crippen LogP contribution >= 0.6 is 0 Å². The second kappa shape index (κ2) is 9.82. The van der Waals surface area contributed by atoms with Crippen LogP contribution in [-0.2, 0) is 5.41 Å². The molecule has 2 nitrogen and oxygen atoms in total. The van der Waals surface area contributed by atoms with E-state index in [9.17, 15) is 0 Å². The van der Waals surface area contributed by atoms with Gasteiger partial charge in [-0.15, -0.1) is 0 Å². The van der Waals surface area contributed by atoms with Gasteiger partial charge >= 0.3 is 0 Å². The van der Waals surface area contributed by atoms with E-state index in [-0.39, 0.29) is 0 Å². The Balaban J connectivity index is 1.21. The normalized spacial score (nSPS) is 13.5. The molecule has 0 atom stereocenters. The molecule has 2 heteroatoms. The highest BCUT2D eigenvalue weighted by Crippen LogP contribution is 2.65. The van der Waals surface area contributed by atoms with E-state index in [0.29, 0.717) is 0 Å². The zero-order valence-electron chi connectivity index (χ0n) is 26.6. The first-order chi connectivity index (χ1) is 24.3. The Kier molecular flexibility index (Phi) is 5.34. The minimum Gasteiger partial charge on any atom is -0.459 e. The molecule has 2 aliphatic rings. The number of hydrogen-bond acceptors (Lipinski definition) is 2. The van der Waals surface area contributed by atoms with E-state index in [2.05, 4.69) is 181 Å². The Morgan fingerprint density at radius 3 is 1.53 bits per heavy atom. The third-order valence-corrected chi connectivity index (χ3v) is 10.8. The number of fused-ring (bicyclic) bond motifs is 14. The van der Waals surface area contributed by atoms with Gasteiger partial charge in [0.15, 0.2) is 0 Å². The van der Waals surface area contributed by atoms with Crippen LogP contribution in [0.3, 0.4) is 0 Å². The molecule has 0 saturated heterocycles. The maximum absolute atomic E-state index is 7.00. The van der Waals surface area contributed by atoms with Gasteiger partial charge in [0.25, 0.3) is 0 Å². The number of hydrogen-bond donors (Lipinski definition) is 0. The summed E-state index contributed by atoms with van der Waals surface area (Å²) in [6.07, 6.45) is 0. The minimum absolute atomic E-state index is 0.536. The van der Waals surface area contributed by atoms with Crippen molar-refractivity contribution in [2.24, 2.45) is 0 Å². The molecule has 11 rings (SSSR count). The van der Waals surface area contributed by atoms with Crippen molar-refractivity contribution >= 4 is 49.6 Å². The molecular weight excluding hydrogens is 595 g/mol. The van der Waals surface area contributed by atoms with Crippen LogP contribution in [0.1, 0.15) is 22.5 Å². The molecule has 0 amide bonds. The predicted octanol–water partition coefficient (Wildman–Crippen LogP) is 12.6. The SMILES string of the molecule is c1ccc2c(c1)-c1ccccc1C21c2ccc(N(c3ccc4ccccc4c3)c3ccc4ccccc4c3)cc2-c2c1oc1ccccc21. The second-order valence-electron chi connectivity index (χ2n) is 13.3. The predicted molar refractivity (Wildman–Crippen MR) is 202 cm³/mol. The van der Waals surface area contributed by atoms with Crippen molar-refractivity contribution in [2.45, 2.75) is 5.41 Å². The lowest BCUT2D eigenvalue weighted by Gasteiger charge is -2.30. The van der Waals surface area contributed by atoms with Crippen LogP contribution in [-0.4, -0.2) is 0 Å². The average Bonchev–Trinajstić information content (AvgIpc) is 3.78. The lowest BCUT2D eigenvalue weighted by molar-refractivity contribution is 0.507. The van der Waals surface area contributed by atoms with Crippen LogP contribution in [0, 0.1) is 0 Å². The summed E-state index contributed by atoms with van der Waals surface area (Å²) in [6.45, 7) is 0. The van der Waals surface area contributed by atoms with Gasteiger partial charge in [-0.05, 0) is 97.4 Å². The van der Waals surface area contributed by atoms with Crippen molar-refractivity contribution in [3.8, 4) is 22.3 Å². The van der Waals surface area contributed by atoms with Gasteiger partial charge in [-0.3, -0.25) is 0 Å². The number of rotatable bonds is 3. The van der Waals surface area contributed by atoms with Gasteiger partial charge in [-0.1, -0.05) is 133 Å². The number of para-hydroxylation sites is 1. The summed E-state index contributed by atoms with van der Waals surface area (Å²) in [5, 5.41) is 6.04. The molecule has 1 spiro atoms. The summed E-state index contributed by atoms with van der Waals surface area (Å²) < 4.78 is 7.00. The Bertz CT molecular complexity index is 2680. The third kappa shape index (κ3) is 3.55. The van der Waals surface area contributed by atoms with E-state index in [0.717, 1.165) is 33.8 Å². The van der Waals surface area contributed by atoms with Gasteiger partial charge in [0, 0.05) is 28.0 Å². The summed E-state index contributed by atoms with van der Waals surface area (Å²) in [6, 6.07) is 64.1. The van der Waals surface area contributed by atoms with Crippen LogP contribution in [0.2, 0.25) is 0 Å². The van der Waals surface area contributed by atoms with Crippen molar-refractivity contribution in [1.29, 1.82) is 0 Å². The standard InChI is InChI=1S/C47H29NO/c1-3-13-32-27-34(23-21-30(32)11-1)48(35-24-22-31-12-2-4-14-33(31)28-35)36-25-26-43-40(29-36)45-39-17-7-10-20-44(39)49-46(45)47(43)41-18-8-5-15-37(41)38-16-6-9-19-42(38)47/h1-29H. The molecule has 1 heterocycles. The van der Waals surface area contributed by atoms with Crippen LogP contribution in [0.15, 0.2) is 180 Å². The summed E-state index contributed by atoms with van der Waals surface area (Å²) in [5.41, 5.74) is 12.5. The highest BCUT2D eigenvalue weighted by Gasteiger charge is 2.55. The fraction of sp³-hybridized carbons (Fsp3) is 0.0213. The molecule has 2 aliphatic carbocycles. The van der Waals surface area contributed by atoms with Crippen molar-refractivity contribution in [3.63, 3.8) is 0 Å². The van der Waals surface area contributed by atoms with Crippen molar-refractivity contribution in [1.82, 2.24) is 0 Å². The van der Waals surface area contributed by atoms with Crippen LogP contribution < -0.4 is 4.90 Å². The third-order valence-electron chi connectivity index (χ3n) is 10.8. The van der Waals surface area contributed by atoms with Gasteiger partial charge in [0.1, 0.15) is 16.8 Å². The Morgan fingerprint density at radius 1 is 0.388 bits per heavy atom. The van der Waals surface area contributed by atoms with Crippen molar-refractivity contribution < 1.29 is 4.42 Å². The van der Waals surface area contributed by atoms with Gasteiger partial charge in [-0.25, -0.2) is 0 Å². The Hall–Kier alpha value is -6.38. The first-order valence-corrected chi connectivity index (χ1v) is 16.9. The molecule has 49 heavy (non-hydrogen) atoms. The largest absolute Gasteiger partial charge is 0.459 e. The molecule has 0 radical (unpaired) electrons. The first-order valence-electron chi connectivity index (χ1n) is 16.9. The molecule has 1 aromatic heterocycles. The summed E-state index contributed by atoms with van der Waals surface area (Å²) in [7, 11) is 0. The minimum atomic E-state index is -0.536. The van der Waals surface area contributed by atoms with Gasteiger partial charge < -0.3 is 9.32 Å². The fourth-order valence-corrected chi connectivity index (χ4v) is 8.75. The maximum Gasteiger partial charge on any atom is 0.135 e. The fourth-order valence-electron chi connectivity index (χ4n) is 8.75. The summed E-state index contributed by atoms with van der Waals surface area (Å²) in [4.78, 5) is 2.41. The van der Waals surface area contributed by atoms with Crippen molar-refractivity contribution in [3.05, 3.63) is 198 Å². The Labute approximate surface area is 284 Å². The van der Waals surface area contributed by atoms with Gasteiger partial charge in [0.2, 0.25) is 0 Å². The number of anilines is 3. The molecule has 0 bridgehead atoms. The zero-order valence-corrected chi connectivity index (χ0v) is 26.6. The smallest absolute Gasteiger partial charge is 0.135 e. The van der Waals surface area contributed by atoms with Gasteiger partial charge in [0.05, 0.1) is 0 Å². The quantitative estimate of drug-likeness (QED) is 0.195. The Morgan fingerprint density at radius 2 is 0.878 bits per heavy atom. The van der Waals surface area contributed by atoms with Gasteiger partial charge in [-0.2, -0.15) is 0 Å².